The Bertz CT molecular complexity index is 207. The molecule has 1 amide bonds. The molecule has 0 saturated heterocycles. The van der Waals surface area contributed by atoms with E-state index in [4.69, 9.17) is 10.5 Å². The van der Waals surface area contributed by atoms with Gasteiger partial charge in [-0.1, -0.05) is 6.92 Å². The van der Waals surface area contributed by atoms with Gasteiger partial charge in [0.05, 0.1) is 12.6 Å². The fourth-order valence-electron chi connectivity index (χ4n) is 0.867. The van der Waals surface area contributed by atoms with Crippen LogP contribution in [0.15, 0.2) is 0 Å². The Kier molecular flexibility index (Phi) is 7.85. The lowest BCUT2D eigenvalue weighted by atomic mass is 10.2. The van der Waals surface area contributed by atoms with E-state index >= 15 is 0 Å². The summed E-state index contributed by atoms with van der Waals surface area (Å²) < 4.78 is 5.15. The first-order valence-electron chi connectivity index (χ1n) is 5.18. The number of Topliss-reactive ketones (excluding diaryl/α,β-unsaturated/α-hetero) is 1. The van der Waals surface area contributed by atoms with Crippen LogP contribution < -0.4 is 11.1 Å². The van der Waals surface area contributed by atoms with Gasteiger partial charge >= 0.3 is 0 Å². The van der Waals surface area contributed by atoms with Crippen molar-refractivity contribution in [3.63, 3.8) is 0 Å². The molecule has 0 aliphatic rings. The van der Waals surface area contributed by atoms with Crippen LogP contribution in [0.4, 0.5) is 0 Å². The molecule has 88 valence electrons. The van der Waals surface area contributed by atoms with Crippen molar-refractivity contribution in [1.29, 1.82) is 0 Å². The van der Waals surface area contributed by atoms with Crippen LogP contribution in [-0.2, 0) is 14.3 Å². The minimum absolute atomic E-state index is 0.127. The third-order valence-corrected chi connectivity index (χ3v) is 1.86. The molecule has 0 fully saturated rings. The molecule has 0 saturated carbocycles. The van der Waals surface area contributed by atoms with Gasteiger partial charge in [0.2, 0.25) is 5.91 Å². The van der Waals surface area contributed by atoms with E-state index in [1.54, 1.807) is 0 Å². The number of rotatable bonds is 8. The molecule has 0 radical (unpaired) electrons. The van der Waals surface area contributed by atoms with Gasteiger partial charge in [0.25, 0.3) is 0 Å². The Morgan fingerprint density at radius 1 is 1.40 bits per heavy atom. The topological polar surface area (TPSA) is 81.4 Å². The lowest BCUT2D eigenvalue weighted by molar-refractivity contribution is -0.122. The van der Waals surface area contributed by atoms with Crippen LogP contribution in [0.2, 0.25) is 0 Å². The van der Waals surface area contributed by atoms with Gasteiger partial charge in [-0.05, 0) is 13.3 Å². The van der Waals surface area contributed by atoms with Crippen LogP contribution in [0.3, 0.4) is 0 Å². The van der Waals surface area contributed by atoms with Crippen molar-refractivity contribution in [1.82, 2.24) is 5.32 Å². The summed E-state index contributed by atoms with van der Waals surface area (Å²) in [6.45, 7) is 4.68. The van der Waals surface area contributed by atoms with Crippen molar-refractivity contribution in [2.75, 3.05) is 19.8 Å². The third-order valence-electron chi connectivity index (χ3n) is 1.86. The number of amides is 1. The first-order chi connectivity index (χ1) is 7.07. The van der Waals surface area contributed by atoms with E-state index in [-0.39, 0.29) is 18.2 Å². The largest absolute Gasteiger partial charge is 0.381 e. The molecule has 0 aliphatic heterocycles. The number of ketones is 1. The average Bonchev–Trinajstić information content (AvgIpc) is 2.20. The second-order valence-electron chi connectivity index (χ2n) is 3.38. The predicted octanol–water partition coefficient (Wildman–Crippen LogP) is -0.164. The Labute approximate surface area is 90.4 Å². The third kappa shape index (κ3) is 8.08. The number of nitrogens with one attached hydrogen (secondary N) is 1. The van der Waals surface area contributed by atoms with Crippen LogP contribution in [-0.4, -0.2) is 37.5 Å². The monoisotopic (exact) mass is 216 g/mol. The Balaban J connectivity index is 3.45. The molecule has 5 nitrogen and oxygen atoms in total. The molecule has 1 atom stereocenters. The highest BCUT2D eigenvalue weighted by atomic mass is 16.5. The van der Waals surface area contributed by atoms with Gasteiger partial charge in [-0.3, -0.25) is 9.59 Å². The number of hydrogen-bond acceptors (Lipinski definition) is 4. The smallest absolute Gasteiger partial charge is 0.222 e. The van der Waals surface area contributed by atoms with Crippen LogP contribution in [0.1, 0.15) is 26.7 Å². The van der Waals surface area contributed by atoms with E-state index in [1.807, 2.05) is 6.92 Å². The van der Waals surface area contributed by atoms with Gasteiger partial charge in [0, 0.05) is 19.6 Å². The lowest BCUT2D eigenvalue weighted by Gasteiger charge is -2.09. The molecule has 0 heterocycles. The van der Waals surface area contributed by atoms with E-state index in [1.165, 1.54) is 6.92 Å². The molecule has 0 bridgehead atoms. The van der Waals surface area contributed by atoms with Crippen LogP contribution in [0.5, 0.6) is 0 Å². The van der Waals surface area contributed by atoms with Crippen LogP contribution in [0.25, 0.3) is 0 Å². The molecule has 5 heteroatoms. The van der Waals surface area contributed by atoms with Crippen LogP contribution >= 0.6 is 0 Å². The molecular weight excluding hydrogens is 196 g/mol. The zero-order chi connectivity index (χ0) is 11.7. The summed E-state index contributed by atoms with van der Waals surface area (Å²) >= 11 is 0. The van der Waals surface area contributed by atoms with Gasteiger partial charge < -0.3 is 15.8 Å². The molecule has 0 aromatic heterocycles. The van der Waals surface area contributed by atoms with Crippen molar-refractivity contribution in [2.45, 2.75) is 32.7 Å². The van der Waals surface area contributed by atoms with E-state index in [0.717, 1.165) is 6.42 Å². The first kappa shape index (κ1) is 14.1. The Hall–Kier alpha value is -0.940. The van der Waals surface area contributed by atoms with E-state index in [9.17, 15) is 9.59 Å². The van der Waals surface area contributed by atoms with Gasteiger partial charge in [0.15, 0.2) is 0 Å². The molecular formula is C10H20N2O3. The van der Waals surface area contributed by atoms with Crippen molar-refractivity contribution in [3.05, 3.63) is 0 Å². The fraction of sp³-hybridized carbons (Fsp3) is 0.800. The van der Waals surface area contributed by atoms with Crippen molar-refractivity contribution in [3.8, 4) is 0 Å². The molecule has 3 N–H and O–H groups in total. The van der Waals surface area contributed by atoms with Crippen molar-refractivity contribution >= 4 is 11.7 Å². The van der Waals surface area contributed by atoms with Gasteiger partial charge in [-0.25, -0.2) is 0 Å². The summed E-state index contributed by atoms with van der Waals surface area (Å²) in [6.07, 6.45) is 1.25. The summed E-state index contributed by atoms with van der Waals surface area (Å²) in [5, 5.41) is 2.58. The highest BCUT2D eigenvalue weighted by Gasteiger charge is 2.09. The molecule has 0 aromatic carbocycles. The van der Waals surface area contributed by atoms with E-state index in [0.29, 0.717) is 19.6 Å². The zero-order valence-corrected chi connectivity index (χ0v) is 9.41. The maximum atomic E-state index is 11.2. The average molecular weight is 216 g/mol. The Morgan fingerprint density at radius 2 is 2.07 bits per heavy atom. The quantitative estimate of drug-likeness (QED) is 0.552. The van der Waals surface area contributed by atoms with Crippen molar-refractivity contribution < 1.29 is 14.3 Å². The van der Waals surface area contributed by atoms with Crippen LogP contribution in [0, 0.1) is 0 Å². The number of hydrogen-bond donors (Lipinski definition) is 2. The normalized spacial score (nSPS) is 12.2. The van der Waals surface area contributed by atoms with E-state index in [2.05, 4.69) is 5.32 Å². The number of ether oxygens (including phenoxy) is 1. The highest BCUT2D eigenvalue weighted by Crippen LogP contribution is 1.86. The molecule has 0 aromatic rings. The maximum absolute atomic E-state index is 11.2. The molecule has 0 rings (SSSR count). The second-order valence-corrected chi connectivity index (χ2v) is 3.38. The number of nitrogens with two attached hydrogens (primary N) is 1. The zero-order valence-electron chi connectivity index (χ0n) is 9.41. The minimum Gasteiger partial charge on any atom is -0.381 e. The summed E-state index contributed by atoms with van der Waals surface area (Å²) in [7, 11) is 0. The molecule has 0 unspecified atom stereocenters. The summed E-state index contributed by atoms with van der Waals surface area (Å²) in [4.78, 5) is 21.9. The molecule has 15 heavy (non-hydrogen) atoms. The molecule has 0 aliphatic carbocycles. The number of carbonyl (C=O) groups is 2. The van der Waals surface area contributed by atoms with Crippen molar-refractivity contribution in [2.24, 2.45) is 5.73 Å². The minimum atomic E-state index is -0.606. The second kappa shape index (κ2) is 8.38. The van der Waals surface area contributed by atoms with Gasteiger partial charge in [0.1, 0.15) is 5.78 Å². The first-order valence-corrected chi connectivity index (χ1v) is 5.18. The Morgan fingerprint density at radius 3 is 2.60 bits per heavy atom. The number of carbonyl (C=O) groups excluding carboxylic acids is 2. The summed E-state index contributed by atoms with van der Waals surface area (Å²) in [5.74, 6) is -0.264. The highest BCUT2D eigenvalue weighted by molar-refractivity contribution is 5.82. The fourth-order valence-corrected chi connectivity index (χ4v) is 0.867. The maximum Gasteiger partial charge on any atom is 0.222 e. The molecule has 0 spiro atoms. The van der Waals surface area contributed by atoms with E-state index < -0.39 is 6.04 Å². The predicted molar refractivity (Wildman–Crippen MR) is 57.4 cm³/mol. The standard InChI is InChI=1S/C10H20N2O3/c1-3-5-15-6-4-10(14)12-7-9(11)8(2)13/h9H,3-7,11H2,1-2H3,(H,12,14)/t9-/m1/s1. The summed E-state index contributed by atoms with van der Waals surface area (Å²) in [5.41, 5.74) is 5.45. The van der Waals surface area contributed by atoms with Gasteiger partial charge in [-0.15, -0.1) is 0 Å². The lowest BCUT2D eigenvalue weighted by Crippen LogP contribution is -2.41. The summed E-state index contributed by atoms with van der Waals surface area (Å²) in [6, 6.07) is -0.606. The SMILES string of the molecule is CCCOCCC(=O)NC[C@@H](N)C(C)=O. The van der Waals surface area contributed by atoms with Gasteiger partial charge in [-0.2, -0.15) is 0 Å².